The van der Waals surface area contributed by atoms with Crippen molar-refractivity contribution in [3.05, 3.63) is 53.1 Å². The first-order chi connectivity index (χ1) is 8.70. The second-order valence-corrected chi connectivity index (χ2v) is 4.76. The fourth-order valence-corrected chi connectivity index (χ4v) is 2.16. The molecule has 1 heterocycles. The van der Waals surface area contributed by atoms with E-state index in [4.69, 9.17) is 0 Å². The molecular weight excluding hydrogens is 222 g/mol. The van der Waals surface area contributed by atoms with E-state index in [1.54, 1.807) is 0 Å². The van der Waals surface area contributed by atoms with Gasteiger partial charge >= 0.3 is 0 Å². The Labute approximate surface area is 109 Å². The van der Waals surface area contributed by atoms with E-state index < -0.39 is 0 Å². The number of aromatic nitrogens is 2. The number of imidazole rings is 1. The Balaban J connectivity index is 2.11. The van der Waals surface area contributed by atoms with Crippen molar-refractivity contribution < 1.29 is 0 Å². The van der Waals surface area contributed by atoms with Gasteiger partial charge in [0.25, 0.3) is 0 Å². The van der Waals surface area contributed by atoms with Gasteiger partial charge < -0.3 is 9.88 Å². The molecule has 0 amide bonds. The lowest BCUT2D eigenvalue weighted by Crippen LogP contribution is -2.10. The van der Waals surface area contributed by atoms with Crippen LogP contribution in [0.1, 0.15) is 22.4 Å². The smallest absolute Gasteiger partial charge is 0.0952 e. The van der Waals surface area contributed by atoms with Gasteiger partial charge in [-0.15, -0.1) is 0 Å². The van der Waals surface area contributed by atoms with Crippen LogP contribution in [-0.2, 0) is 13.0 Å². The zero-order valence-electron chi connectivity index (χ0n) is 11.4. The monoisotopic (exact) mass is 243 g/mol. The second kappa shape index (κ2) is 5.83. The highest BCUT2D eigenvalue weighted by Gasteiger charge is 2.04. The van der Waals surface area contributed by atoms with Gasteiger partial charge in [0.1, 0.15) is 0 Å². The molecule has 18 heavy (non-hydrogen) atoms. The summed E-state index contributed by atoms with van der Waals surface area (Å²) in [6, 6.07) is 6.45. The van der Waals surface area contributed by atoms with Gasteiger partial charge in [0.15, 0.2) is 0 Å². The molecule has 0 aliphatic rings. The molecule has 1 aromatic carbocycles. The van der Waals surface area contributed by atoms with E-state index in [2.05, 4.69) is 53.1 Å². The molecule has 0 saturated heterocycles. The molecule has 1 aromatic heterocycles. The molecule has 0 aliphatic carbocycles. The van der Waals surface area contributed by atoms with E-state index in [0.717, 1.165) is 25.2 Å². The third-order valence-electron chi connectivity index (χ3n) is 3.30. The van der Waals surface area contributed by atoms with Crippen LogP contribution in [-0.4, -0.2) is 23.1 Å². The summed E-state index contributed by atoms with van der Waals surface area (Å²) in [7, 11) is 1.97. The van der Waals surface area contributed by atoms with Crippen LogP contribution in [0.25, 0.3) is 0 Å². The van der Waals surface area contributed by atoms with Crippen molar-refractivity contribution in [2.45, 2.75) is 26.8 Å². The van der Waals surface area contributed by atoms with Gasteiger partial charge in [-0.25, -0.2) is 4.98 Å². The van der Waals surface area contributed by atoms with Crippen LogP contribution < -0.4 is 5.32 Å². The third-order valence-corrected chi connectivity index (χ3v) is 3.30. The first-order valence-electron chi connectivity index (χ1n) is 6.41. The molecule has 96 valence electrons. The van der Waals surface area contributed by atoms with Crippen LogP contribution in [0.15, 0.2) is 30.7 Å². The van der Waals surface area contributed by atoms with Crippen LogP contribution >= 0.6 is 0 Å². The molecule has 3 nitrogen and oxygen atoms in total. The Morgan fingerprint density at radius 2 is 1.94 bits per heavy atom. The zero-order chi connectivity index (χ0) is 13.0. The van der Waals surface area contributed by atoms with Crippen molar-refractivity contribution in [3.8, 4) is 0 Å². The Morgan fingerprint density at radius 3 is 2.61 bits per heavy atom. The van der Waals surface area contributed by atoms with Crippen LogP contribution in [0.5, 0.6) is 0 Å². The van der Waals surface area contributed by atoms with E-state index >= 15 is 0 Å². The fraction of sp³-hybridized carbons (Fsp3) is 0.400. The number of aryl methyl sites for hydroxylation is 2. The highest BCUT2D eigenvalue weighted by molar-refractivity contribution is 5.33. The normalized spacial score (nSPS) is 10.8. The molecule has 2 aromatic rings. The quantitative estimate of drug-likeness (QED) is 0.873. The van der Waals surface area contributed by atoms with Crippen molar-refractivity contribution in [1.29, 1.82) is 0 Å². The van der Waals surface area contributed by atoms with Crippen LogP contribution in [0.4, 0.5) is 0 Å². The van der Waals surface area contributed by atoms with Crippen molar-refractivity contribution in [1.82, 2.24) is 14.9 Å². The summed E-state index contributed by atoms with van der Waals surface area (Å²) >= 11 is 0. The van der Waals surface area contributed by atoms with Gasteiger partial charge in [-0.3, -0.25) is 0 Å². The third kappa shape index (κ3) is 2.99. The highest BCUT2D eigenvalue weighted by Crippen LogP contribution is 2.15. The molecule has 0 atom stereocenters. The summed E-state index contributed by atoms with van der Waals surface area (Å²) in [5.74, 6) is 0. The van der Waals surface area contributed by atoms with Crippen molar-refractivity contribution in [3.63, 3.8) is 0 Å². The SMILES string of the molecule is CNCCc1cn(Cc2c(C)cccc2C)cn1. The minimum Gasteiger partial charge on any atom is -0.333 e. The van der Waals surface area contributed by atoms with Crippen molar-refractivity contribution in [2.75, 3.05) is 13.6 Å². The maximum Gasteiger partial charge on any atom is 0.0952 e. The summed E-state index contributed by atoms with van der Waals surface area (Å²) < 4.78 is 2.17. The number of rotatable bonds is 5. The minimum atomic E-state index is 0.908. The zero-order valence-corrected chi connectivity index (χ0v) is 11.4. The van der Waals surface area contributed by atoms with Gasteiger partial charge in [0.2, 0.25) is 0 Å². The van der Waals surface area contributed by atoms with Gasteiger partial charge in [0.05, 0.1) is 12.0 Å². The number of hydrogen-bond donors (Lipinski definition) is 1. The molecule has 0 fully saturated rings. The lowest BCUT2D eigenvalue weighted by atomic mass is 10.0. The number of benzene rings is 1. The molecule has 0 unspecified atom stereocenters. The minimum absolute atomic E-state index is 0.908. The predicted molar refractivity (Wildman–Crippen MR) is 74.9 cm³/mol. The van der Waals surface area contributed by atoms with E-state index in [0.29, 0.717) is 0 Å². The number of likely N-dealkylation sites (N-methyl/N-ethyl adjacent to an activating group) is 1. The molecule has 0 bridgehead atoms. The number of nitrogens with one attached hydrogen (secondary N) is 1. The Morgan fingerprint density at radius 1 is 1.22 bits per heavy atom. The van der Waals surface area contributed by atoms with E-state index in [9.17, 15) is 0 Å². The standard InChI is InChI=1S/C15H21N3/c1-12-5-4-6-13(2)15(12)10-18-9-14(17-11-18)7-8-16-3/h4-6,9,11,16H,7-8,10H2,1-3H3. The Kier molecular flexibility index (Phi) is 4.15. The molecule has 0 aliphatic heterocycles. The van der Waals surface area contributed by atoms with Crippen LogP contribution in [0.2, 0.25) is 0 Å². The molecule has 0 radical (unpaired) electrons. The van der Waals surface area contributed by atoms with Crippen molar-refractivity contribution >= 4 is 0 Å². The van der Waals surface area contributed by atoms with Crippen LogP contribution in [0.3, 0.4) is 0 Å². The predicted octanol–water partition coefficient (Wildman–Crippen LogP) is 2.31. The first-order valence-corrected chi connectivity index (χ1v) is 6.41. The van der Waals surface area contributed by atoms with Gasteiger partial charge in [0, 0.05) is 25.7 Å². The molecule has 3 heteroatoms. The maximum absolute atomic E-state index is 4.43. The molecule has 0 saturated carbocycles. The number of hydrogen-bond acceptors (Lipinski definition) is 2. The van der Waals surface area contributed by atoms with Gasteiger partial charge in [-0.1, -0.05) is 18.2 Å². The first kappa shape index (κ1) is 12.8. The summed E-state index contributed by atoms with van der Waals surface area (Å²) in [6.45, 7) is 6.22. The second-order valence-electron chi connectivity index (χ2n) is 4.76. The number of nitrogens with zero attached hydrogens (tertiary/aromatic N) is 2. The van der Waals surface area contributed by atoms with Gasteiger partial charge in [-0.05, 0) is 37.6 Å². The molecule has 2 rings (SSSR count). The summed E-state index contributed by atoms with van der Waals surface area (Å²) in [6.07, 6.45) is 5.05. The Bertz CT molecular complexity index is 494. The van der Waals surface area contributed by atoms with Gasteiger partial charge in [-0.2, -0.15) is 0 Å². The highest BCUT2D eigenvalue weighted by atomic mass is 15.0. The average molecular weight is 243 g/mol. The largest absolute Gasteiger partial charge is 0.333 e. The summed E-state index contributed by atoms with van der Waals surface area (Å²) in [5, 5.41) is 3.14. The van der Waals surface area contributed by atoms with Crippen LogP contribution in [0, 0.1) is 13.8 Å². The van der Waals surface area contributed by atoms with E-state index in [-0.39, 0.29) is 0 Å². The molecule has 1 N–H and O–H groups in total. The summed E-state index contributed by atoms with van der Waals surface area (Å²) in [4.78, 5) is 4.43. The lowest BCUT2D eigenvalue weighted by Gasteiger charge is -2.09. The van der Waals surface area contributed by atoms with E-state index in [1.807, 2.05) is 13.4 Å². The molecule has 0 spiro atoms. The lowest BCUT2D eigenvalue weighted by molar-refractivity contribution is 0.771. The Hall–Kier alpha value is -1.61. The van der Waals surface area contributed by atoms with Crippen molar-refractivity contribution in [2.24, 2.45) is 0 Å². The summed E-state index contributed by atoms with van der Waals surface area (Å²) in [5.41, 5.74) is 5.24. The topological polar surface area (TPSA) is 29.9 Å². The average Bonchev–Trinajstić information content (AvgIpc) is 2.79. The molecular formula is C15H21N3. The maximum atomic E-state index is 4.43. The fourth-order valence-electron chi connectivity index (χ4n) is 2.16. The van der Waals surface area contributed by atoms with E-state index in [1.165, 1.54) is 16.7 Å².